The van der Waals surface area contributed by atoms with Crippen molar-refractivity contribution in [2.75, 3.05) is 40.3 Å². The molecule has 1 aromatic rings. The van der Waals surface area contributed by atoms with Gasteiger partial charge in [0.1, 0.15) is 5.75 Å². The van der Waals surface area contributed by atoms with Crippen molar-refractivity contribution in [3.63, 3.8) is 0 Å². The fourth-order valence-electron chi connectivity index (χ4n) is 3.42. The summed E-state index contributed by atoms with van der Waals surface area (Å²) in [5.41, 5.74) is 2.44. The number of guanidine groups is 1. The first-order valence-corrected chi connectivity index (χ1v) is 9.50. The van der Waals surface area contributed by atoms with Crippen LogP contribution in [0.2, 0.25) is 0 Å². The summed E-state index contributed by atoms with van der Waals surface area (Å²) in [6.45, 7) is 8.62. The molecule has 0 amide bonds. The average molecular weight is 347 g/mol. The predicted octanol–water partition coefficient (Wildman–Crippen LogP) is 2.59. The first-order valence-electron chi connectivity index (χ1n) is 9.50. The minimum absolute atomic E-state index is 0.599. The molecular formula is C20H34N4O. The van der Waals surface area contributed by atoms with Crippen molar-refractivity contribution in [3.8, 4) is 5.75 Å². The van der Waals surface area contributed by atoms with Crippen LogP contribution < -0.4 is 15.4 Å². The third-order valence-corrected chi connectivity index (χ3v) is 5.04. The summed E-state index contributed by atoms with van der Waals surface area (Å²) in [6.07, 6.45) is 4.79. The van der Waals surface area contributed by atoms with Gasteiger partial charge in [0.15, 0.2) is 5.96 Å². The van der Waals surface area contributed by atoms with Crippen molar-refractivity contribution in [2.24, 2.45) is 4.99 Å². The van der Waals surface area contributed by atoms with Crippen LogP contribution in [-0.4, -0.2) is 57.2 Å². The van der Waals surface area contributed by atoms with E-state index in [-0.39, 0.29) is 0 Å². The highest BCUT2D eigenvalue weighted by Gasteiger charge is 2.20. The number of aryl methyl sites for hydroxylation is 1. The van der Waals surface area contributed by atoms with Gasteiger partial charge in [-0.1, -0.05) is 19.1 Å². The molecule has 5 nitrogen and oxygen atoms in total. The van der Waals surface area contributed by atoms with Crippen LogP contribution in [0.4, 0.5) is 0 Å². The smallest absolute Gasteiger partial charge is 0.191 e. The lowest BCUT2D eigenvalue weighted by Gasteiger charge is -2.27. The van der Waals surface area contributed by atoms with Crippen molar-refractivity contribution in [3.05, 3.63) is 29.3 Å². The molecule has 1 saturated heterocycles. The minimum atomic E-state index is 0.599. The summed E-state index contributed by atoms with van der Waals surface area (Å²) in [6, 6.07) is 7.00. The average Bonchev–Trinajstić information content (AvgIpc) is 3.16. The number of benzene rings is 1. The molecule has 1 atom stereocenters. The van der Waals surface area contributed by atoms with E-state index in [1.165, 1.54) is 43.5 Å². The van der Waals surface area contributed by atoms with E-state index >= 15 is 0 Å². The normalized spacial score (nSPS) is 16.7. The summed E-state index contributed by atoms with van der Waals surface area (Å²) in [4.78, 5) is 6.95. The van der Waals surface area contributed by atoms with E-state index in [1.807, 2.05) is 7.05 Å². The Balaban J connectivity index is 1.76. The summed E-state index contributed by atoms with van der Waals surface area (Å²) in [7, 11) is 3.56. The van der Waals surface area contributed by atoms with Gasteiger partial charge < -0.3 is 15.4 Å². The Kier molecular flexibility index (Phi) is 8.06. The molecule has 1 heterocycles. The van der Waals surface area contributed by atoms with Gasteiger partial charge in [-0.3, -0.25) is 9.89 Å². The molecule has 0 radical (unpaired) electrons. The zero-order chi connectivity index (χ0) is 18.1. The summed E-state index contributed by atoms with van der Waals surface area (Å²) >= 11 is 0. The van der Waals surface area contributed by atoms with Crippen molar-refractivity contribution in [1.82, 2.24) is 15.5 Å². The van der Waals surface area contributed by atoms with Gasteiger partial charge in [-0.05, 0) is 62.9 Å². The van der Waals surface area contributed by atoms with Crippen LogP contribution >= 0.6 is 0 Å². The monoisotopic (exact) mass is 346 g/mol. The Bertz CT molecular complexity index is 553. The fraction of sp³-hybridized carbons (Fsp3) is 0.650. The number of aliphatic imine (C=N–C) groups is 1. The molecule has 140 valence electrons. The second kappa shape index (κ2) is 10.3. The molecule has 2 N–H and O–H groups in total. The maximum Gasteiger partial charge on any atom is 0.191 e. The van der Waals surface area contributed by atoms with E-state index < -0.39 is 0 Å². The summed E-state index contributed by atoms with van der Waals surface area (Å²) in [5.74, 6) is 1.84. The van der Waals surface area contributed by atoms with Crippen molar-refractivity contribution >= 4 is 5.96 Å². The van der Waals surface area contributed by atoms with Gasteiger partial charge in [-0.15, -0.1) is 0 Å². The van der Waals surface area contributed by atoms with Crippen LogP contribution in [0.15, 0.2) is 23.2 Å². The number of likely N-dealkylation sites (tertiary alicyclic amines) is 1. The maximum atomic E-state index is 5.40. The fourth-order valence-corrected chi connectivity index (χ4v) is 3.42. The van der Waals surface area contributed by atoms with Crippen LogP contribution in [0, 0.1) is 6.92 Å². The molecule has 0 bridgehead atoms. The maximum absolute atomic E-state index is 5.40. The lowest BCUT2D eigenvalue weighted by Crippen LogP contribution is -2.46. The second-order valence-corrected chi connectivity index (χ2v) is 6.74. The van der Waals surface area contributed by atoms with Crippen molar-refractivity contribution < 1.29 is 4.74 Å². The number of rotatable bonds is 8. The summed E-state index contributed by atoms with van der Waals surface area (Å²) in [5, 5.41) is 6.91. The quantitative estimate of drug-likeness (QED) is 0.561. The van der Waals surface area contributed by atoms with Gasteiger partial charge in [0, 0.05) is 26.2 Å². The highest BCUT2D eigenvalue weighted by molar-refractivity contribution is 5.79. The van der Waals surface area contributed by atoms with Crippen molar-refractivity contribution in [1.29, 1.82) is 0 Å². The van der Waals surface area contributed by atoms with Gasteiger partial charge in [0.25, 0.3) is 0 Å². The number of ether oxygens (including phenoxy) is 1. The summed E-state index contributed by atoms with van der Waals surface area (Å²) < 4.78 is 5.40. The molecule has 25 heavy (non-hydrogen) atoms. The lowest BCUT2D eigenvalue weighted by atomic mass is 10.1. The third kappa shape index (κ3) is 5.92. The molecule has 0 aliphatic carbocycles. The van der Waals surface area contributed by atoms with Gasteiger partial charge in [-0.25, -0.2) is 0 Å². The Morgan fingerprint density at radius 3 is 2.68 bits per heavy atom. The predicted molar refractivity (Wildman–Crippen MR) is 106 cm³/mol. The molecule has 0 saturated carbocycles. The zero-order valence-electron chi connectivity index (χ0n) is 16.3. The van der Waals surface area contributed by atoms with E-state index in [4.69, 9.17) is 4.74 Å². The third-order valence-electron chi connectivity index (χ3n) is 5.04. The number of nitrogens with zero attached hydrogens (tertiary/aromatic N) is 2. The molecular weight excluding hydrogens is 312 g/mol. The molecule has 0 spiro atoms. The first kappa shape index (κ1) is 19.6. The number of hydrogen-bond donors (Lipinski definition) is 2. The highest BCUT2D eigenvalue weighted by atomic mass is 16.5. The largest absolute Gasteiger partial charge is 0.496 e. The van der Waals surface area contributed by atoms with Gasteiger partial charge >= 0.3 is 0 Å². The number of nitrogens with one attached hydrogen (secondary N) is 2. The van der Waals surface area contributed by atoms with E-state index in [9.17, 15) is 0 Å². The molecule has 1 fully saturated rings. The van der Waals surface area contributed by atoms with Gasteiger partial charge in [-0.2, -0.15) is 0 Å². The lowest BCUT2D eigenvalue weighted by molar-refractivity contribution is 0.236. The minimum Gasteiger partial charge on any atom is -0.496 e. The topological polar surface area (TPSA) is 48.9 Å². The van der Waals surface area contributed by atoms with Crippen LogP contribution in [0.3, 0.4) is 0 Å². The number of hydrogen-bond acceptors (Lipinski definition) is 3. The molecule has 1 aromatic carbocycles. The second-order valence-electron chi connectivity index (χ2n) is 6.74. The van der Waals surface area contributed by atoms with E-state index in [2.05, 4.69) is 52.6 Å². The van der Waals surface area contributed by atoms with Crippen LogP contribution in [0.25, 0.3) is 0 Å². The van der Waals surface area contributed by atoms with Crippen molar-refractivity contribution in [2.45, 2.75) is 45.6 Å². The number of methoxy groups -OCH3 is 1. The first-order chi connectivity index (χ1) is 12.2. The molecule has 5 heteroatoms. The molecule has 1 unspecified atom stereocenters. The Hall–Kier alpha value is -1.75. The van der Waals surface area contributed by atoms with E-state index in [1.54, 1.807) is 7.11 Å². The van der Waals surface area contributed by atoms with E-state index in [0.717, 1.165) is 31.2 Å². The van der Waals surface area contributed by atoms with Crippen LogP contribution in [0.5, 0.6) is 5.75 Å². The Morgan fingerprint density at radius 1 is 1.28 bits per heavy atom. The van der Waals surface area contributed by atoms with Gasteiger partial charge in [0.05, 0.1) is 7.11 Å². The molecule has 0 aromatic heterocycles. The standard InChI is InChI=1S/C20H34N4O/c1-5-18(24-12-6-7-13-24)15-23-20(21-3)22-11-10-17-9-8-16(2)19(14-17)25-4/h8-9,14,18H,5-7,10-13,15H2,1-4H3,(H2,21,22,23). The Labute approximate surface area is 152 Å². The van der Waals surface area contributed by atoms with E-state index in [0.29, 0.717) is 6.04 Å². The highest BCUT2D eigenvalue weighted by Crippen LogP contribution is 2.19. The van der Waals surface area contributed by atoms with Crippen LogP contribution in [-0.2, 0) is 6.42 Å². The Morgan fingerprint density at radius 2 is 2.04 bits per heavy atom. The SMILES string of the molecule is CCC(CNC(=NC)NCCc1ccc(C)c(OC)c1)N1CCCC1. The van der Waals surface area contributed by atoms with Crippen LogP contribution in [0.1, 0.15) is 37.3 Å². The van der Waals surface area contributed by atoms with Gasteiger partial charge in [0.2, 0.25) is 0 Å². The molecule has 2 rings (SSSR count). The zero-order valence-corrected chi connectivity index (χ0v) is 16.3. The molecule has 1 aliphatic heterocycles. The molecule has 1 aliphatic rings.